The minimum Gasteiger partial charge on any atom is -0.368 e. The number of ether oxygens (including phenoxy) is 1. The van der Waals surface area contributed by atoms with Crippen LogP contribution in [0.2, 0.25) is 5.02 Å². The number of Topliss-reactive ketones (excluding diaryl/α,β-unsaturated/α-hetero) is 1. The Kier molecular flexibility index (Phi) is 5.11. The summed E-state index contributed by atoms with van der Waals surface area (Å²) < 4.78 is 7.00. The molecule has 0 fully saturated rings. The SMILES string of the molecule is CCOC(C)(C)C(=O)C(=Cc1ccc(Cl)cc1)n1cncn1. The largest absolute Gasteiger partial charge is 0.368 e. The highest BCUT2D eigenvalue weighted by atomic mass is 35.5. The summed E-state index contributed by atoms with van der Waals surface area (Å²) >= 11 is 5.89. The molecule has 0 saturated heterocycles. The Morgan fingerprint density at radius 3 is 2.59 bits per heavy atom. The smallest absolute Gasteiger partial charge is 0.212 e. The lowest BCUT2D eigenvalue weighted by Gasteiger charge is -2.24. The molecule has 0 bridgehead atoms. The summed E-state index contributed by atoms with van der Waals surface area (Å²) in [5.41, 5.74) is 0.285. The van der Waals surface area contributed by atoms with Gasteiger partial charge in [0.15, 0.2) is 0 Å². The molecule has 0 spiro atoms. The van der Waals surface area contributed by atoms with Gasteiger partial charge in [0.25, 0.3) is 0 Å². The number of rotatable bonds is 6. The second-order valence-corrected chi connectivity index (χ2v) is 5.63. The predicted molar refractivity (Wildman–Crippen MR) is 86.4 cm³/mol. The first-order valence-electron chi connectivity index (χ1n) is 6.95. The molecule has 1 aromatic carbocycles. The van der Waals surface area contributed by atoms with Crippen molar-refractivity contribution >= 4 is 29.2 Å². The number of ketones is 1. The van der Waals surface area contributed by atoms with Gasteiger partial charge in [0, 0.05) is 11.6 Å². The molecule has 0 radical (unpaired) electrons. The van der Waals surface area contributed by atoms with Crippen LogP contribution in [0.1, 0.15) is 26.3 Å². The molecular weight excluding hydrogens is 302 g/mol. The molecule has 2 aromatic rings. The zero-order valence-electron chi connectivity index (χ0n) is 12.8. The van der Waals surface area contributed by atoms with E-state index in [1.807, 2.05) is 19.1 Å². The topological polar surface area (TPSA) is 57.0 Å². The van der Waals surface area contributed by atoms with Gasteiger partial charge in [0.2, 0.25) is 5.78 Å². The molecule has 22 heavy (non-hydrogen) atoms. The van der Waals surface area contributed by atoms with Gasteiger partial charge in [-0.25, -0.2) is 9.67 Å². The Morgan fingerprint density at radius 1 is 1.36 bits per heavy atom. The van der Waals surface area contributed by atoms with Crippen LogP contribution in [0.4, 0.5) is 0 Å². The van der Waals surface area contributed by atoms with Gasteiger partial charge in [-0.15, -0.1) is 0 Å². The van der Waals surface area contributed by atoms with E-state index in [4.69, 9.17) is 16.3 Å². The van der Waals surface area contributed by atoms with E-state index in [1.165, 1.54) is 17.3 Å². The molecule has 0 aliphatic carbocycles. The van der Waals surface area contributed by atoms with Crippen molar-refractivity contribution in [2.45, 2.75) is 26.4 Å². The van der Waals surface area contributed by atoms with Crippen LogP contribution < -0.4 is 0 Å². The number of nitrogens with zero attached hydrogens (tertiary/aromatic N) is 3. The minimum atomic E-state index is -0.945. The lowest BCUT2D eigenvalue weighted by molar-refractivity contribution is -0.133. The highest BCUT2D eigenvalue weighted by Gasteiger charge is 2.32. The molecule has 1 heterocycles. The Hall–Kier alpha value is -1.98. The fraction of sp³-hybridized carbons (Fsp3) is 0.312. The van der Waals surface area contributed by atoms with Crippen molar-refractivity contribution in [1.29, 1.82) is 0 Å². The molecule has 0 saturated carbocycles. The molecule has 6 heteroatoms. The molecule has 116 valence electrons. The minimum absolute atomic E-state index is 0.171. The normalized spacial score (nSPS) is 12.5. The Bertz CT molecular complexity index is 661. The van der Waals surface area contributed by atoms with E-state index >= 15 is 0 Å². The lowest BCUT2D eigenvalue weighted by atomic mass is 9.99. The third kappa shape index (κ3) is 3.81. The molecule has 0 amide bonds. The van der Waals surface area contributed by atoms with Crippen molar-refractivity contribution in [3.05, 3.63) is 47.5 Å². The average Bonchev–Trinajstić information content (AvgIpc) is 3.00. The van der Waals surface area contributed by atoms with Crippen molar-refractivity contribution in [2.75, 3.05) is 6.61 Å². The van der Waals surface area contributed by atoms with Gasteiger partial charge >= 0.3 is 0 Å². The summed E-state index contributed by atoms with van der Waals surface area (Å²) in [5, 5.41) is 4.70. The molecular formula is C16H18ClN3O2. The Labute approximate surface area is 134 Å². The second-order valence-electron chi connectivity index (χ2n) is 5.19. The summed E-state index contributed by atoms with van der Waals surface area (Å²) in [6.45, 7) is 5.79. The molecule has 2 rings (SSSR count). The maximum absolute atomic E-state index is 12.8. The number of aromatic nitrogens is 3. The van der Waals surface area contributed by atoms with Crippen LogP contribution >= 0.6 is 11.6 Å². The molecule has 0 aliphatic rings. The summed E-state index contributed by atoms with van der Waals surface area (Å²) in [5.74, 6) is -0.171. The third-order valence-electron chi connectivity index (χ3n) is 3.12. The summed E-state index contributed by atoms with van der Waals surface area (Å²) in [4.78, 5) is 16.7. The number of carbonyl (C=O) groups is 1. The van der Waals surface area contributed by atoms with Gasteiger partial charge < -0.3 is 4.74 Å². The highest BCUT2D eigenvalue weighted by molar-refractivity contribution is 6.30. The van der Waals surface area contributed by atoms with Crippen molar-refractivity contribution in [3.8, 4) is 0 Å². The van der Waals surface area contributed by atoms with Crippen LogP contribution in [-0.2, 0) is 9.53 Å². The Morgan fingerprint density at radius 2 is 2.05 bits per heavy atom. The van der Waals surface area contributed by atoms with Crippen LogP contribution in [0.3, 0.4) is 0 Å². The first kappa shape index (κ1) is 16.4. The van der Waals surface area contributed by atoms with Gasteiger partial charge in [-0.05, 0) is 44.5 Å². The van der Waals surface area contributed by atoms with E-state index < -0.39 is 5.60 Å². The predicted octanol–water partition coefficient (Wildman–Crippen LogP) is 3.31. The second kappa shape index (κ2) is 6.85. The van der Waals surface area contributed by atoms with Crippen LogP contribution in [0.5, 0.6) is 0 Å². The van der Waals surface area contributed by atoms with Crippen LogP contribution in [-0.4, -0.2) is 32.8 Å². The van der Waals surface area contributed by atoms with Crippen molar-refractivity contribution < 1.29 is 9.53 Å². The first-order chi connectivity index (χ1) is 10.4. The lowest BCUT2D eigenvalue weighted by Crippen LogP contribution is -2.37. The molecule has 0 atom stereocenters. The van der Waals surface area contributed by atoms with E-state index in [0.29, 0.717) is 17.3 Å². The number of halogens is 1. The maximum Gasteiger partial charge on any atom is 0.212 e. The van der Waals surface area contributed by atoms with Crippen LogP contribution in [0.15, 0.2) is 36.9 Å². The number of benzene rings is 1. The number of hydrogen-bond acceptors (Lipinski definition) is 4. The average molecular weight is 320 g/mol. The van der Waals surface area contributed by atoms with E-state index in [2.05, 4.69) is 10.1 Å². The summed E-state index contributed by atoms with van der Waals surface area (Å²) in [7, 11) is 0. The number of carbonyl (C=O) groups excluding carboxylic acids is 1. The van der Waals surface area contributed by atoms with Crippen molar-refractivity contribution in [1.82, 2.24) is 14.8 Å². The van der Waals surface area contributed by atoms with E-state index in [9.17, 15) is 4.79 Å². The van der Waals surface area contributed by atoms with Gasteiger partial charge in [-0.2, -0.15) is 5.10 Å². The third-order valence-corrected chi connectivity index (χ3v) is 3.38. The summed E-state index contributed by atoms with van der Waals surface area (Å²) in [6.07, 6.45) is 4.62. The maximum atomic E-state index is 12.8. The van der Waals surface area contributed by atoms with E-state index in [1.54, 1.807) is 32.1 Å². The zero-order chi connectivity index (χ0) is 16.2. The number of hydrogen-bond donors (Lipinski definition) is 0. The standard InChI is InChI=1S/C16H18ClN3O2/c1-4-22-16(2,3)15(21)14(20-11-18-10-19-20)9-12-5-7-13(17)8-6-12/h5-11H,4H2,1-3H3. The van der Waals surface area contributed by atoms with Crippen molar-refractivity contribution in [3.63, 3.8) is 0 Å². The molecule has 0 N–H and O–H groups in total. The molecule has 5 nitrogen and oxygen atoms in total. The summed E-state index contributed by atoms with van der Waals surface area (Å²) in [6, 6.07) is 7.20. The zero-order valence-corrected chi connectivity index (χ0v) is 13.5. The fourth-order valence-electron chi connectivity index (χ4n) is 2.02. The van der Waals surface area contributed by atoms with E-state index in [-0.39, 0.29) is 5.78 Å². The fourth-order valence-corrected chi connectivity index (χ4v) is 2.15. The highest BCUT2D eigenvalue weighted by Crippen LogP contribution is 2.22. The monoisotopic (exact) mass is 319 g/mol. The molecule has 0 unspecified atom stereocenters. The van der Waals surface area contributed by atoms with Gasteiger partial charge in [-0.1, -0.05) is 23.7 Å². The van der Waals surface area contributed by atoms with Crippen LogP contribution in [0.25, 0.3) is 11.8 Å². The van der Waals surface area contributed by atoms with E-state index in [0.717, 1.165) is 5.56 Å². The molecule has 1 aromatic heterocycles. The van der Waals surface area contributed by atoms with Gasteiger partial charge in [0.1, 0.15) is 24.0 Å². The first-order valence-corrected chi connectivity index (χ1v) is 7.33. The van der Waals surface area contributed by atoms with Gasteiger partial charge in [-0.3, -0.25) is 4.79 Å². The van der Waals surface area contributed by atoms with Crippen LogP contribution in [0, 0.1) is 0 Å². The quantitative estimate of drug-likeness (QED) is 0.766. The molecule has 0 aliphatic heterocycles. The van der Waals surface area contributed by atoms with Crippen molar-refractivity contribution in [2.24, 2.45) is 0 Å². The Balaban J connectivity index is 2.44. The van der Waals surface area contributed by atoms with Gasteiger partial charge in [0.05, 0.1) is 0 Å².